The Hall–Kier alpha value is -1.39. The van der Waals surface area contributed by atoms with Gasteiger partial charge in [0.25, 0.3) is 0 Å². The zero-order valence-corrected chi connectivity index (χ0v) is 12.4. The molecule has 1 aliphatic rings. The van der Waals surface area contributed by atoms with E-state index in [-0.39, 0.29) is 5.91 Å². The maximum absolute atomic E-state index is 12.2. The molecule has 1 aromatic carbocycles. The molecule has 1 aromatic rings. The lowest BCUT2D eigenvalue weighted by Gasteiger charge is -2.42. The van der Waals surface area contributed by atoms with E-state index in [9.17, 15) is 4.79 Å². The molecule has 0 saturated carbocycles. The summed E-state index contributed by atoms with van der Waals surface area (Å²) in [6.45, 7) is 6.47. The molecular formula is C16H25N3O. The fourth-order valence-corrected chi connectivity index (χ4v) is 3.23. The fourth-order valence-electron chi connectivity index (χ4n) is 3.23. The summed E-state index contributed by atoms with van der Waals surface area (Å²) in [4.78, 5) is 14.4. The maximum Gasteiger partial charge on any atom is 0.238 e. The van der Waals surface area contributed by atoms with Crippen LogP contribution in [0.5, 0.6) is 0 Å². The number of nitrogens with two attached hydrogens (primary N) is 1. The standard InChI is InChI=1S/C16H25N3O/c1-12-8-13(2)15(9-17)19(10-12)11-16(20)18-14-6-4-3-5-7-14/h3-7,12-13,15H,8-11,17H2,1-2H3,(H,18,20). The Kier molecular flexibility index (Phi) is 5.15. The Labute approximate surface area is 121 Å². The first-order chi connectivity index (χ1) is 9.60. The second kappa shape index (κ2) is 6.86. The third-order valence-corrected chi connectivity index (χ3v) is 4.09. The van der Waals surface area contributed by atoms with Crippen molar-refractivity contribution >= 4 is 11.6 Å². The smallest absolute Gasteiger partial charge is 0.238 e. The van der Waals surface area contributed by atoms with Gasteiger partial charge in [-0.2, -0.15) is 0 Å². The minimum atomic E-state index is 0.0379. The number of benzene rings is 1. The van der Waals surface area contributed by atoms with Gasteiger partial charge in [0.2, 0.25) is 5.91 Å². The van der Waals surface area contributed by atoms with Crippen LogP contribution in [0.4, 0.5) is 5.69 Å². The van der Waals surface area contributed by atoms with Gasteiger partial charge in [0, 0.05) is 24.8 Å². The van der Waals surface area contributed by atoms with Crippen LogP contribution in [0.15, 0.2) is 30.3 Å². The molecule has 3 atom stereocenters. The SMILES string of the molecule is CC1CC(C)C(CN)N(CC(=O)Nc2ccccc2)C1. The van der Waals surface area contributed by atoms with Crippen molar-refractivity contribution in [3.8, 4) is 0 Å². The van der Waals surface area contributed by atoms with E-state index in [1.807, 2.05) is 30.3 Å². The molecule has 3 N–H and O–H groups in total. The molecule has 3 unspecified atom stereocenters. The van der Waals surface area contributed by atoms with E-state index >= 15 is 0 Å². The Balaban J connectivity index is 1.95. The number of nitrogens with zero attached hydrogens (tertiary/aromatic N) is 1. The van der Waals surface area contributed by atoms with Gasteiger partial charge < -0.3 is 11.1 Å². The molecule has 0 spiro atoms. The molecule has 4 nitrogen and oxygen atoms in total. The van der Waals surface area contributed by atoms with E-state index < -0.39 is 0 Å². The number of piperidine rings is 1. The number of nitrogens with one attached hydrogen (secondary N) is 1. The van der Waals surface area contributed by atoms with Gasteiger partial charge in [0.1, 0.15) is 0 Å². The van der Waals surface area contributed by atoms with Crippen LogP contribution in [-0.4, -0.2) is 36.5 Å². The Morgan fingerprint density at radius 2 is 2.05 bits per heavy atom. The summed E-state index contributed by atoms with van der Waals surface area (Å²) < 4.78 is 0. The van der Waals surface area contributed by atoms with Gasteiger partial charge in [-0.15, -0.1) is 0 Å². The van der Waals surface area contributed by atoms with Crippen molar-refractivity contribution in [2.75, 3.05) is 25.0 Å². The summed E-state index contributed by atoms with van der Waals surface area (Å²) in [7, 11) is 0. The predicted molar refractivity (Wildman–Crippen MR) is 82.4 cm³/mol. The molecule has 1 amide bonds. The van der Waals surface area contributed by atoms with Gasteiger partial charge in [-0.1, -0.05) is 32.0 Å². The van der Waals surface area contributed by atoms with E-state index in [0.29, 0.717) is 31.0 Å². The Morgan fingerprint density at radius 1 is 1.35 bits per heavy atom. The Bertz CT molecular complexity index is 435. The number of rotatable bonds is 4. The van der Waals surface area contributed by atoms with Crippen LogP contribution in [0.2, 0.25) is 0 Å². The lowest BCUT2D eigenvalue weighted by Crippen LogP contribution is -2.53. The summed E-state index contributed by atoms with van der Waals surface area (Å²) in [6.07, 6.45) is 1.19. The van der Waals surface area contributed by atoms with Crippen molar-refractivity contribution in [3.05, 3.63) is 30.3 Å². The Morgan fingerprint density at radius 3 is 2.70 bits per heavy atom. The van der Waals surface area contributed by atoms with E-state index in [4.69, 9.17) is 5.73 Å². The molecule has 20 heavy (non-hydrogen) atoms. The van der Waals surface area contributed by atoms with Crippen molar-refractivity contribution in [2.24, 2.45) is 17.6 Å². The van der Waals surface area contributed by atoms with E-state index in [1.54, 1.807) is 0 Å². The maximum atomic E-state index is 12.2. The zero-order chi connectivity index (χ0) is 14.5. The number of hydrogen-bond donors (Lipinski definition) is 2. The third-order valence-electron chi connectivity index (χ3n) is 4.09. The number of likely N-dealkylation sites (tertiary alicyclic amines) is 1. The van der Waals surface area contributed by atoms with Gasteiger partial charge >= 0.3 is 0 Å². The molecule has 1 fully saturated rings. The summed E-state index contributed by atoms with van der Waals surface area (Å²) in [6, 6.07) is 9.90. The minimum Gasteiger partial charge on any atom is -0.329 e. The molecule has 0 bridgehead atoms. The quantitative estimate of drug-likeness (QED) is 0.883. The van der Waals surface area contributed by atoms with Crippen LogP contribution in [-0.2, 0) is 4.79 Å². The highest BCUT2D eigenvalue weighted by molar-refractivity contribution is 5.92. The molecule has 1 aliphatic heterocycles. The number of hydrogen-bond acceptors (Lipinski definition) is 3. The largest absolute Gasteiger partial charge is 0.329 e. The first-order valence-corrected chi connectivity index (χ1v) is 7.39. The van der Waals surface area contributed by atoms with Crippen molar-refractivity contribution < 1.29 is 4.79 Å². The van der Waals surface area contributed by atoms with Crippen LogP contribution in [0, 0.1) is 11.8 Å². The van der Waals surface area contributed by atoms with Crippen LogP contribution < -0.4 is 11.1 Å². The second-order valence-electron chi connectivity index (χ2n) is 5.96. The highest BCUT2D eigenvalue weighted by Gasteiger charge is 2.31. The number of carbonyl (C=O) groups is 1. The molecule has 2 rings (SSSR count). The van der Waals surface area contributed by atoms with E-state index in [2.05, 4.69) is 24.1 Å². The van der Waals surface area contributed by atoms with E-state index in [0.717, 1.165) is 12.2 Å². The van der Waals surface area contributed by atoms with Gasteiger partial charge in [-0.05, 0) is 30.4 Å². The molecule has 0 aliphatic carbocycles. The minimum absolute atomic E-state index is 0.0379. The second-order valence-corrected chi connectivity index (χ2v) is 5.96. The first kappa shape index (κ1) is 15.0. The average Bonchev–Trinajstić information content (AvgIpc) is 2.39. The summed E-state index contributed by atoms with van der Waals surface area (Å²) in [5, 5.41) is 2.94. The highest BCUT2D eigenvalue weighted by Crippen LogP contribution is 2.26. The van der Waals surface area contributed by atoms with Crippen molar-refractivity contribution in [3.63, 3.8) is 0 Å². The summed E-state index contributed by atoms with van der Waals surface area (Å²) in [5.41, 5.74) is 6.73. The number of carbonyl (C=O) groups excluding carboxylic acids is 1. The molecular weight excluding hydrogens is 250 g/mol. The zero-order valence-electron chi connectivity index (χ0n) is 12.4. The summed E-state index contributed by atoms with van der Waals surface area (Å²) >= 11 is 0. The highest BCUT2D eigenvalue weighted by atomic mass is 16.2. The predicted octanol–water partition coefficient (Wildman–Crippen LogP) is 1.93. The normalized spacial score (nSPS) is 27.2. The van der Waals surface area contributed by atoms with Crippen molar-refractivity contribution in [1.29, 1.82) is 0 Å². The molecule has 110 valence electrons. The van der Waals surface area contributed by atoms with Crippen LogP contribution in [0.1, 0.15) is 20.3 Å². The van der Waals surface area contributed by atoms with Crippen LogP contribution >= 0.6 is 0 Å². The lowest BCUT2D eigenvalue weighted by molar-refractivity contribution is -0.118. The molecule has 1 saturated heterocycles. The molecule has 0 aromatic heterocycles. The summed E-state index contributed by atoms with van der Waals surface area (Å²) in [5.74, 6) is 1.21. The van der Waals surface area contributed by atoms with Crippen molar-refractivity contribution in [2.45, 2.75) is 26.3 Å². The monoisotopic (exact) mass is 275 g/mol. The number of amides is 1. The van der Waals surface area contributed by atoms with E-state index in [1.165, 1.54) is 6.42 Å². The topological polar surface area (TPSA) is 58.4 Å². The molecule has 4 heteroatoms. The van der Waals surface area contributed by atoms with Crippen LogP contribution in [0.25, 0.3) is 0 Å². The fraction of sp³-hybridized carbons (Fsp3) is 0.562. The number of para-hydroxylation sites is 1. The number of anilines is 1. The third kappa shape index (κ3) is 3.81. The van der Waals surface area contributed by atoms with Gasteiger partial charge in [0.05, 0.1) is 6.54 Å². The van der Waals surface area contributed by atoms with Gasteiger partial charge in [0.15, 0.2) is 0 Å². The first-order valence-electron chi connectivity index (χ1n) is 7.39. The average molecular weight is 275 g/mol. The van der Waals surface area contributed by atoms with Gasteiger partial charge in [-0.3, -0.25) is 9.69 Å². The van der Waals surface area contributed by atoms with Gasteiger partial charge in [-0.25, -0.2) is 0 Å². The van der Waals surface area contributed by atoms with Crippen LogP contribution in [0.3, 0.4) is 0 Å². The molecule has 1 heterocycles. The molecule has 0 radical (unpaired) electrons. The van der Waals surface area contributed by atoms with Crippen molar-refractivity contribution in [1.82, 2.24) is 4.90 Å². The lowest BCUT2D eigenvalue weighted by atomic mass is 9.85.